The normalized spacial score (nSPS) is 10.7. The van der Waals surface area contributed by atoms with E-state index in [1.807, 2.05) is 54.6 Å². The summed E-state index contributed by atoms with van der Waals surface area (Å²) in [6, 6.07) is 27.5. The van der Waals surface area contributed by atoms with Crippen LogP contribution in [0.5, 0.6) is 17.2 Å². The van der Waals surface area contributed by atoms with Gasteiger partial charge in [0, 0.05) is 62.6 Å². The number of rotatable bonds is 1. The second-order valence-corrected chi connectivity index (χ2v) is 10.0. The Hall–Kier alpha value is -6.37. The molecule has 7 rings (SSSR count). The van der Waals surface area contributed by atoms with Crippen molar-refractivity contribution < 1.29 is 15.3 Å². The third kappa shape index (κ3) is 5.13. The van der Waals surface area contributed by atoms with E-state index in [-0.39, 0.29) is 17.2 Å². The van der Waals surface area contributed by atoms with Crippen molar-refractivity contribution in [3.8, 4) is 52.1 Å². The molecule has 3 aromatic heterocycles. The van der Waals surface area contributed by atoms with Gasteiger partial charge >= 0.3 is 0 Å². The minimum atomic E-state index is 0.128. The molecule has 0 amide bonds. The fourth-order valence-electron chi connectivity index (χ4n) is 4.96. The van der Waals surface area contributed by atoms with E-state index in [0.29, 0.717) is 27.7 Å². The molecule has 0 bridgehead atoms. The lowest BCUT2D eigenvalue weighted by molar-refractivity contribution is 0.480. The number of fused-ring (bicyclic) bond motifs is 3. The van der Waals surface area contributed by atoms with Crippen molar-refractivity contribution in [2.24, 2.45) is 0 Å². The van der Waals surface area contributed by atoms with Gasteiger partial charge in [0.25, 0.3) is 0 Å². The summed E-state index contributed by atoms with van der Waals surface area (Å²) in [6.07, 6.45) is 5.01. The zero-order valence-corrected chi connectivity index (χ0v) is 22.6. The van der Waals surface area contributed by atoms with E-state index in [2.05, 4.69) is 38.6 Å². The van der Waals surface area contributed by atoms with E-state index in [9.17, 15) is 15.3 Å². The topological polar surface area (TPSA) is 99.4 Å². The quantitative estimate of drug-likeness (QED) is 0.190. The molecule has 6 heteroatoms. The van der Waals surface area contributed by atoms with Crippen LogP contribution < -0.4 is 0 Å². The second kappa shape index (κ2) is 10.6. The maximum Gasteiger partial charge on any atom is 0.141 e. The molecular weight excluding hydrogens is 534 g/mol. The largest absolute Gasteiger partial charge is 0.506 e. The van der Waals surface area contributed by atoms with Gasteiger partial charge in [0.2, 0.25) is 0 Å². The highest BCUT2D eigenvalue weighted by Crippen LogP contribution is 2.29. The molecule has 4 aromatic carbocycles. The Balaban J connectivity index is 1.32. The molecule has 3 N–H and O–H groups in total. The summed E-state index contributed by atoms with van der Waals surface area (Å²) >= 11 is 0. The zero-order chi connectivity index (χ0) is 29.3. The van der Waals surface area contributed by atoms with Crippen LogP contribution in [-0.2, 0) is 0 Å². The summed E-state index contributed by atoms with van der Waals surface area (Å²) in [7, 11) is 0. The summed E-state index contributed by atoms with van der Waals surface area (Å²) in [5.41, 5.74) is 6.24. The van der Waals surface area contributed by atoms with E-state index in [4.69, 9.17) is 0 Å². The molecule has 0 aliphatic rings. The standard InChI is InChI=1S/C37H21N3O3/c41-32-7-1-4-27-17-25(20-38-35(27)32)12-10-23-14-24(11-13-26-18-28-5-2-8-33(42)36(28)39-21-26)16-30(15-23)31-19-29-6-3-9-34(43)37(29)40-22-31/h1-9,14-22,41-43H. The van der Waals surface area contributed by atoms with Crippen molar-refractivity contribution in [1.29, 1.82) is 0 Å². The molecule has 0 spiro atoms. The van der Waals surface area contributed by atoms with Gasteiger partial charge in [0.15, 0.2) is 0 Å². The number of benzene rings is 4. The molecule has 0 saturated carbocycles. The van der Waals surface area contributed by atoms with Crippen molar-refractivity contribution in [1.82, 2.24) is 15.0 Å². The molecular formula is C37H21N3O3. The molecule has 43 heavy (non-hydrogen) atoms. The van der Waals surface area contributed by atoms with Crippen molar-refractivity contribution >= 4 is 32.7 Å². The number of hydrogen-bond acceptors (Lipinski definition) is 6. The third-order valence-electron chi connectivity index (χ3n) is 7.04. The van der Waals surface area contributed by atoms with Crippen LogP contribution in [0.15, 0.2) is 110 Å². The Morgan fingerprint density at radius 1 is 0.395 bits per heavy atom. The SMILES string of the molecule is Oc1cccc2cc(C#Cc3cc(C#Cc4cnc5c(O)cccc5c4)cc(-c4cnc5c(O)cccc5c4)c3)cnc12. The Morgan fingerprint density at radius 3 is 1.30 bits per heavy atom. The fraction of sp³-hybridized carbons (Fsp3) is 0. The van der Waals surface area contributed by atoms with Crippen molar-refractivity contribution in [2.45, 2.75) is 0 Å². The summed E-state index contributed by atoms with van der Waals surface area (Å²) < 4.78 is 0. The average Bonchev–Trinajstić information content (AvgIpc) is 3.03. The first-order chi connectivity index (χ1) is 21.0. The number of hydrogen-bond donors (Lipinski definition) is 3. The van der Waals surface area contributed by atoms with Crippen LogP contribution in [0, 0.1) is 23.7 Å². The number of aromatic hydroxyl groups is 3. The van der Waals surface area contributed by atoms with Gasteiger partial charge in [-0.05, 0) is 60.2 Å². The molecule has 0 radical (unpaired) electrons. The van der Waals surface area contributed by atoms with E-state index in [1.54, 1.807) is 55.0 Å². The Kier molecular flexibility index (Phi) is 6.28. The lowest BCUT2D eigenvalue weighted by Gasteiger charge is -2.07. The number of pyridine rings is 3. The number of phenolic OH excluding ortho intramolecular Hbond substituents is 3. The van der Waals surface area contributed by atoms with Crippen molar-refractivity contribution in [3.05, 3.63) is 132 Å². The first-order valence-electron chi connectivity index (χ1n) is 13.4. The van der Waals surface area contributed by atoms with Crippen LogP contribution in [0.25, 0.3) is 43.8 Å². The molecule has 0 aliphatic heterocycles. The van der Waals surface area contributed by atoms with Crippen molar-refractivity contribution in [2.75, 3.05) is 0 Å². The molecule has 202 valence electrons. The summed E-state index contributed by atoms with van der Waals surface area (Å²) in [5, 5.41) is 32.8. The van der Waals surface area contributed by atoms with Crippen LogP contribution >= 0.6 is 0 Å². The number of nitrogens with zero attached hydrogens (tertiary/aromatic N) is 3. The number of phenols is 3. The second-order valence-electron chi connectivity index (χ2n) is 10.0. The molecule has 0 atom stereocenters. The lowest BCUT2D eigenvalue weighted by atomic mass is 9.99. The number of aromatic nitrogens is 3. The van der Waals surface area contributed by atoms with Gasteiger partial charge in [-0.3, -0.25) is 15.0 Å². The molecule has 0 saturated heterocycles. The fourth-order valence-corrected chi connectivity index (χ4v) is 4.96. The van der Waals surface area contributed by atoms with Crippen molar-refractivity contribution in [3.63, 3.8) is 0 Å². The van der Waals surface area contributed by atoms with Gasteiger partial charge in [-0.2, -0.15) is 0 Å². The minimum absolute atomic E-state index is 0.128. The van der Waals surface area contributed by atoms with Crippen LogP contribution in [-0.4, -0.2) is 30.3 Å². The monoisotopic (exact) mass is 555 g/mol. The van der Waals surface area contributed by atoms with E-state index in [1.165, 1.54) is 0 Å². The Bertz CT molecular complexity index is 2240. The van der Waals surface area contributed by atoms with Gasteiger partial charge in [-0.1, -0.05) is 60.1 Å². The molecule has 7 aromatic rings. The van der Waals surface area contributed by atoms with Gasteiger partial charge < -0.3 is 15.3 Å². The van der Waals surface area contributed by atoms with Crippen LogP contribution in [0.4, 0.5) is 0 Å². The van der Waals surface area contributed by atoms with Gasteiger partial charge in [-0.25, -0.2) is 0 Å². The Labute approximate surface area is 246 Å². The molecule has 6 nitrogen and oxygen atoms in total. The minimum Gasteiger partial charge on any atom is -0.506 e. The smallest absolute Gasteiger partial charge is 0.141 e. The van der Waals surface area contributed by atoms with E-state index < -0.39 is 0 Å². The highest BCUT2D eigenvalue weighted by molar-refractivity contribution is 5.88. The van der Waals surface area contributed by atoms with Gasteiger partial charge in [0.05, 0.1) is 0 Å². The Morgan fingerprint density at radius 2 is 0.814 bits per heavy atom. The third-order valence-corrected chi connectivity index (χ3v) is 7.04. The van der Waals surface area contributed by atoms with E-state index in [0.717, 1.165) is 38.4 Å². The van der Waals surface area contributed by atoms with Gasteiger partial charge in [-0.15, -0.1) is 0 Å². The summed E-state index contributed by atoms with van der Waals surface area (Å²) in [4.78, 5) is 13.2. The van der Waals surface area contributed by atoms with Crippen LogP contribution in [0.2, 0.25) is 0 Å². The van der Waals surface area contributed by atoms with Crippen LogP contribution in [0.3, 0.4) is 0 Å². The molecule has 3 heterocycles. The zero-order valence-electron chi connectivity index (χ0n) is 22.6. The van der Waals surface area contributed by atoms with Gasteiger partial charge in [0.1, 0.15) is 33.8 Å². The van der Waals surface area contributed by atoms with E-state index >= 15 is 0 Å². The highest BCUT2D eigenvalue weighted by atomic mass is 16.3. The average molecular weight is 556 g/mol. The summed E-state index contributed by atoms with van der Waals surface area (Å²) in [6.45, 7) is 0. The maximum absolute atomic E-state index is 10.2. The molecule has 0 unspecified atom stereocenters. The number of para-hydroxylation sites is 3. The molecule has 0 aliphatic carbocycles. The molecule has 0 fully saturated rings. The highest BCUT2D eigenvalue weighted by Gasteiger charge is 2.07. The van der Waals surface area contributed by atoms with Crippen LogP contribution in [0.1, 0.15) is 22.3 Å². The first-order valence-corrected chi connectivity index (χ1v) is 13.4. The predicted molar refractivity (Wildman–Crippen MR) is 168 cm³/mol. The first kappa shape index (κ1) is 25.6. The lowest BCUT2D eigenvalue weighted by Crippen LogP contribution is -1.88. The summed E-state index contributed by atoms with van der Waals surface area (Å²) in [5.74, 6) is 13.3. The maximum atomic E-state index is 10.2. The predicted octanol–water partition coefficient (Wildman–Crippen LogP) is 6.91.